The molecule has 25 heavy (non-hydrogen) atoms. The highest BCUT2D eigenvalue weighted by Gasteiger charge is 2.15. The first-order valence-electron chi connectivity index (χ1n) is 8.29. The van der Waals surface area contributed by atoms with Crippen LogP contribution in [0.4, 0.5) is 5.69 Å². The van der Waals surface area contributed by atoms with Gasteiger partial charge in [-0.05, 0) is 39.0 Å². The summed E-state index contributed by atoms with van der Waals surface area (Å²) in [6, 6.07) is 9.58. The molecule has 0 aliphatic carbocycles. The van der Waals surface area contributed by atoms with E-state index < -0.39 is 0 Å². The van der Waals surface area contributed by atoms with E-state index in [1.54, 1.807) is 0 Å². The highest BCUT2D eigenvalue weighted by atomic mass is 16.4. The number of aromatic nitrogens is 4. The van der Waals surface area contributed by atoms with Gasteiger partial charge in [0, 0.05) is 25.1 Å². The lowest BCUT2D eigenvalue weighted by Gasteiger charge is -2.04. The van der Waals surface area contributed by atoms with E-state index in [9.17, 15) is 4.79 Å². The predicted molar refractivity (Wildman–Crippen MR) is 94.1 cm³/mol. The fourth-order valence-corrected chi connectivity index (χ4v) is 2.50. The second kappa shape index (κ2) is 7.29. The number of amides is 1. The van der Waals surface area contributed by atoms with Crippen LogP contribution in [0.5, 0.6) is 0 Å². The van der Waals surface area contributed by atoms with Gasteiger partial charge in [-0.15, -0.1) is 10.2 Å². The zero-order valence-electron chi connectivity index (χ0n) is 14.6. The van der Waals surface area contributed by atoms with Crippen molar-refractivity contribution in [3.63, 3.8) is 0 Å². The lowest BCUT2D eigenvalue weighted by atomic mass is 10.2. The van der Waals surface area contributed by atoms with Gasteiger partial charge < -0.3 is 9.73 Å². The summed E-state index contributed by atoms with van der Waals surface area (Å²) in [5.74, 6) is 0.782. The van der Waals surface area contributed by atoms with Crippen LogP contribution in [0.2, 0.25) is 0 Å². The van der Waals surface area contributed by atoms with E-state index in [4.69, 9.17) is 4.42 Å². The molecule has 0 bridgehead atoms. The molecule has 3 rings (SSSR count). The number of carbonyl (C=O) groups is 1. The van der Waals surface area contributed by atoms with Crippen LogP contribution >= 0.6 is 0 Å². The first-order chi connectivity index (χ1) is 12.0. The van der Waals surface area contributed by atoms with Crippen LogP contribution < -0.4 is 5.32 Å². The number of benzene rings is 1. The summed E-state index contributed by atoms with van der Waals surface area (Å²) >= 11 is 0. The Balaban J connectivity index is 1.59. The van der Waals surface area contributed by atoms with Gasteiger partial charge in [0.25, 0.3) is 5.89 Å². The molecule has 2 aromatic heterocycles. The molecule has 0 atom stereocenters. The van der Waals surface area contributed by atoms with Crippen LogP contribution in [0.15, 0.2) is 34.7 Å². The summed E-state index contributed by atoms with van der Waals surface area (Å²) < 4.78 is 7.50. The summed E-state index contributed by atoms with van der Waals surface area (Å²) in [6.45, 7) is 6.65. The van der Waals surface area contributed by atoms with Gasteiger partial charge in [-0.1, -0.05) is 17.7 Å². The Morgan fingerprint density at radius 2 is 1.96 bits per heavy atom. The molecule has 7 nitrogen and oxygen atoms in total. The number of carbonyl (C=O) groups excluding carboxylic acids is 1. The molecule has 0 radical (unpaired) electrons. The number of aryl methyl sites for hydroxylation is 4. The molecule has 2 heterocycles. The normalized spacial score (nSPS) is 10.8. The molecule has 7 heteroatoms. The molecule has 0 saturated carbocycles. The Hall–Kier alpha value is -2.96. The molecule has 0 spiro atoms. The standard InChI is InChI=1S/C18H21N5O2/c1-4-23-15(11-13(3)22-23)18-21-20-17(25-18)10-9-16(24)19-14-7-5-12(2)6-8-14/h5-8,11H,4,9-10H2,1-3H3,(H,19,24). The van der Waals surface area contributed by atoms with E-state index in [2.05, 4.69) is 20.6 Å². The van der Waals surface area contributed by atoms with Crippen LogP contribution in [0.1, 0.15) is 30.5 Å². The van der Waals surface area contributed by atoms with Crippen molar-refractivity contribution in [2.45, 2.75) is 40.2 Å². The zero-order valence-corrected chi connectivity index (χ0v) is 14.6. The van der Waals surface area contributed by atoms with Crippen LogP contribution in [0, 0.1) is 13.8 Å². The van der Waals surface area contributed by atoms with Crippen molar-refractivity contribution in [3.05, 3.63) is 47.5 Å². The van der Waals surface area contributed by atoms with Crippen LogP contribution in [-0.4, -0.2) is 25.9 Å². The maximum Gasteiger partial charge on any atom is 0.265 e. The second-order valence-electron chi connectivity index (χ2n) is 5.90. The summed E-state index contributed by atoms with van der Waals surface area (Å²) in [6.07, 6.45) is 0.672. The average molecular weight is 339 g/mol. The number of rotatable bonds is 6. The first kappa shape index (κ1) is 16.9. The average Bonchev–Trinajstić information content (AvgIpc) is 3.21. The number of anilines is 1. The van der Waals surface area contributed by atoms with Crippen LogP contribution in [0.25, 0.3) is 11.6 Å². The van der Waals surface area contributed by atoms with Crippen molar-refractivity contribution in [1.29, 1.82) is 0 Å². The van der Waals surface area contributed by atoms with Gasteiger partial charge in [-0.3, -0.25) is 9.48 Å². The minimum atomic E-state index is -0.0851. The molecule has 130 valence electrons. The third-order valence-electron chi connectivity index (χ3n) is 3.79. The SMILES string of the molecule is CCn1nc(C)cc1-c1nnc(CCC(=O)Nc2ccc(C)cc2)o1. The molecule has 0 fully saturated rings. The topological polar surface area (TPSA) is 85.8 Å². The molecule has 1 N–H and O–H groups in total. The summed E-state index contributed by atoms with van der Waals surface area (Å²) in [7, 11) is 0. The molecule has 0 saturated heterocycles. The molecule has 0 unspecified atom stereocenters. The summed E-state index contributed by atoms with van der Waals surface area (Å²) in [5, 5.41) is 15.3. The Labute approximate surface area is 146 Å². The molecule has 0 aliphatic heterocycles. The van der Waals surface area contributed by atoms with Crippen LogP contribution in [0.3, 0.4) is 0 Å². The van der Waals surface area contributed by atoms with Gasteiger partial charge in [0.2, 0.25) is 11.8 Å². The lowest BCUT2D eigenvalue weighted by Crippen LogP contribution is -2.12. The van der Waals surface area contributed by atoms with Crippen LogP contribution in [-0.2, 0) is 17.8 Å². The third kappa shape index (κ3) is 4.12. The van der Waals surface area contributed by atoms with Crippen molar-refractivity contribution >= 4 is 11.6 Å². The van der Waals surface area contributed by atoms with E-state index in [0.717, 1.165) is 29.2 Å². The molecule has 1 aromatic carbocycles. The first-order valence-corrected chi connectivity index (χ1v) is 8.29. The van der Waals surface area contributed by atoms with Gasteiger partial charge in [0.1, 0.15) is 5.69 Å². The zero-order chi connectivity index (χ0) is 17.8. The quantitative estimate of drug-likeness (QED) is 0.745. The van der Waals surface area contributed by atoms with Crippen molar-refractivity contribution in [2.75, 3.05) is 5.32 Å². The Bertz CT molecular complexity index is 864. The number of nitrogens with zero attached hydrogens (tertiary/aromatic N) is 4. The van der Waals surface area contributed by atoms with Crippen molar-refractivity contribution in [1.82, 2.24) is 20.0 Å². The largest absolute Gasteiger partial charge is 0.419 e. The van der Waals surface area contributed by atoms with Gasteiger partial charge in [0.05, 0.1) is 5.69 Å². The van der Waals surface area contributed by atoms with Gasteiger partial charge in [-0.2, -0.15) is 5.10 Å². The van der Waals surface area contributed by atoms with E-state index in [-0.39, 0.29) is 12.3 Å². The van der Waals surface area contributed by atoms with Gasteiger partial charge in [-0.25, -0.2) is 0 Å². The van der Waals surface area contributed by atoms with Gasteiger partial charge >= 0.3 is 0 Å². The van der Waals surface area contributed by atoms with Crippen molar-refractivity contribution < 1.29 is 9.21 Å². The molecular weight excluding hydrogens is 318 g/mol. The fraction of sp³-hybridized carbons (Fsp3) is 0.333. The maximum absolute atomic E-state index is 12.0. The monoisotopic (exact) mass is 339 g/mol. The van der Waals surface area contributed by atoms with Crippen molar-refractivity contribution in [2.24, 2.45) is 0 Å². The summed E-state index contributed by atoms with van der Waals surface area (Å²) in [5.41, 5.74) is 3.62. The molecular formula is C18H21N5O2. The second-order valence-corrected chi connectivity index (χ2v) is 5.90. The maximum atomic E-state index is 12.0. The highest BCUT2D eigenvalue weighted by molar-refractivity contribution is 5.90. The predicted octanol–water partition coefficient (Wildman–Crippen LogP) is 3.14. The minimum Gasteiger partial charge on any atom is -0.419 e. The number of nitrogens with one attached hydrogen (secondary N) is 1. The van der Waals surface area contributed by atoms with E-state index in [1.807, 2.05) is 55.8 Å². The smallest absolute Gasteiger partial charge is 0.265 e. The minimum absolute atomic E-state index is 0.0851. The highest BCUT2D eigenvalue weighted by Crippen LogP contribution is 2.19. The van der Waals surface area contributed by atoms with Gasteiger partial charge in [0.15, 0.2) is 0 Å². The Morgan fingerprint density at radius 1 is 1.20 bits per heavy atom. The Morgan fingerprint density at radius 3 is 2.68 bits per heavy atom. The molecule has 1 amide bonds. The van der Waals surface area contributed by atoms with E-state index >= 15 is 0 Å². The Kier molecular flexibility index (Phi) is 4.92. The summed E-state index contributed by atoms with van der Waals surface area (Å²) in [4.78, 5) is 12.0. The fourth-order valence-electron chi connectivity index (χ4n) is 2.50. The third-order valence-corrected chi connectivity index (χ3v) is 3.79. The van der Waals surface area contributed by atoms with E-state index in [0.29, 0.717) is 18.2 Å². The number of hydrogen-bond acceptors (Lipinski definition) is 5. The molecule has 3 aromatic rings. The lowest BCUT2D eigenvalue weighted by molar-refractivity contribution is -0.116. The van der Waals surface area contributed by atoms with E-state index in [1.165, 1.54) is 0 Å². The molecule has 0 aliphatic rings. The number of hydrogen-bond donors (Lipinski definition) is 1. The van der Waals surface area contributed by atoms with Crippen molar-refractivity contribution in [3.8, 4) is 11.6 Å².